The average molecular weight is 324 g/mol. The Kier molecular flexibility index (Phi) is 7.34. The maximum Gasteiger partial charge on any atom is 0.242 e. The summed E-state index contributed by atoms with van der Waals surface area (Å²) in [7, 11) is 0. The van der Waals surface area contributed by atoms with E-state index in [4.69, 9.17) is 0 Å². The maximum atomic E-state index is 12.4. The lowest BCUT2D eigenvalue weighted by Gasteiger charge is -2.27. The summed E-state index contributed by atoms with van der Waals surface area (Å²) in [5.74, 6) is 0.108. The van der Waals surface area contributed by atoms with Gasteiger partial charge in [-0.1, -0.05) is 38.5 Å². The van der Waals surface area contributed by atoms with Crippen LogP contribution in [0.15, 0.2) is 0 Å². The highest BCUT2D eigenvalue weighted by atomic mass is 16.3. The van der Waals surface area contributed by atoms with Crippen molar-refractivity contribution in [2.45, 2.75) is 83.2 Å². The van der Waals surface area contributed by atoms with Crippen LogP contribution in [0.25, 0.3) is 0 Å². The molecule has 23 heavy (non-hydrogen) atoms. The standard InChI is InChI=1S/C18H32N2O3/c1-13(19-18(23)14-8-4-2-5-9-14)17(22)20-16-11-7-3-6-10-15(16)12-21/h13-16,21H,2-12H2,1H3,(H,19,23)(H,20,22). The summed E-state index contributed by atoms with van der Waals surface area (Å²) in [6.07, 6.45) is 10.6. The van der Waals surface area contributed by atoms with Crippen LogP contribution in [0.1, 0.15) is 71.1 Å². The van der Waals surface area contributed by atoms with Crippen LogP contribution in [0.2, 0.25) is 0 Å². The lowest BCUT2D eigenvalue weighted by Crippen LogP contribution is -2.51. The minimum Gasteiger partial charge on any atom is -0.396 e. The van der Waals surface area contributed by atoms with Crippen molar-refractivity contribution >= 4 is 11.8 Å². The van der Waals surface area contributed by atoms with Gasteiger partial charge in [0, 0.05) is 24.5 Å². The first-order valence-corrected chi connectivity index (χ1v) is 9.33. The third-order valence-electron chi connectivity index (χ3n) is 5.45. The van der Waals surface area contributed by atoms with E-state index in [2.05, 4.69) is 10.6 Å². The number of amides is 2. The van der Waals surface area contributed by atoms with E-state index in [0.717, 1.165) is 57.8 Å². The van der Waals surface area contributed by atoms with Gasteiger partial charge in [0.25, 0.3) is 0 Å². The Morgan fingerprint density at radius 1 is 1.00 bits per heavy atom. The van der Waals surface area contributed by atoms with E-state index >= 15 is 0 Å². The van der Waals surface area contributed by atoms with Gasteiger partial charge in [0.05, 0.1) is 0 Å². The summed E-state index contributed by atoms with van der Waals surface area (Å²) in [5, 5.41) is 15.5. The lowest BCUT2D eigenvalue weighted by molar-refractivity contribution is -0.131. The van der Waals surface area contributed by atoms with Gasteiger partial charge in [-0.05, 0) is 32.6 Å². The number of hydrogen-bond donors (Lipinski definition) is 3. The highest BCUT2D eigenvalue weighted by Crippen LogP contribution is 2.24. The highest BCUT2D eigenvalue weighted by molar-refractivity contribution is 5.88. The van der Waals surface area contributed by atoms with E-state index in [9.17, 15) is 14.7 Å². The van der Waals surface area contributed by atoms with Crippen LogP contribution >= 0.6 is 0 Å². The zero-order valence-electron chi connectivity index (χ0n) is 14.4. The molecule has 2 aliphatic carbocycles. The molecule has 2 rings (SSSR count). The van der Waals surface area contributed by atoms with Crippen molar-refractivity contribution < 1.29 is 14.7 Å². The van der Waals surface area contributed by atoms with E-state index in [1.807, 2.05) is 0 Å². The van der Waals surface area contributed by atoms with Gasteiger partial charge in [-0.3, -0.25) is 9.59 Å². The summed E-state index contributed by atoms with van der Waals surface area (Å²) in [6, 6.07) is -0.476. The topological polar surface area (TPSA) is 78.4 Å². The first-order valence-electron chi connectivity index (χ1n) is 9.33. The predicted molar refractivity (Wildman–Crippen MR) is 89.8 cm³/mol. The molecule has 3 N–H and O–H groups in total. The van der Waals surface area contributed by atoms with E-state index in [0.29, 0.717) is 0 Å². The summed E-state index contributed by atoms with van der Waals surface area (Å²) < 4.78 is 0. The molecule has 2 amide bonds. The first-order chi connectivity index (χ1) is 11.1. The maximum absolute atomic E-state index is 12.4. The van der Waals surface area contributed by atoms with Crippen molar-refractivity contribution in [1.29, 1.82) is 0 Å². The Hall–Kier alpha value is -1.10. The number of nitrogens with one attached hydrogen (secondary N) is 2. The van der Waals surface area contributed by atoms with Gasteiger partial charge in [0.2, 0.25) is 11.8 Å². The number of carbonyl (C=O) groups excluding carboxylic acids is 2. The summed E-state index contributed by atoms with van der Waals surface area (Å²) in [4.78, 5) is 24.6. The third-order valence-corrected chi connectivity index (χ3v) is 5.45. The molecule has 0 radical (unpaired) electrons. The summed E-state index contributed by atoms with van der Waals surface area (Å²) in [5.41, 5.74) is 0. The number of carbonyl (C=O) groups is 2. The van der Waals surface area contributed by atoms with Crippen LogP contribution < -0.4 is 10.6 Å². The molecule has 0 aliphatic heterocycles. The molecule has 0 aromatic carbocycles. The molecule has 0 aromatic heterocycles. The minimum absolute atomic E-state index is 0.0203. The molecule has 0 saturated heterocycles. The molecule has 132 valence electrons. The third kappa shape index (κ3) is 5.48. The fourth-order valence-electron chi connectivity index (χ4n) is 3.86. The van der Waals surface area contributed by atoms with Crippen LogP contribution in [0.5, 0.6) is 0 Å². The molecule has 3 unspecified atom stereocenters. The number of aliphatic hydroxyl groups is 1. The van der Waals surface area contributed by atoms with Crippen LogP contribution in [0, 0.1) is 11.8 Å². The second-order valence-electron chi connectivity index (χ2n) is 7.26. The Balaban J connectivity index is 1.82. The molecule has 5 nitrogen and oxygen atoms in total. The first kappa shape index (κ1) is 18.2. The van der Waals surface area contributed by atoms with Gasteiger partial charge in [0.1, 0.15) is 6.04 Å². The minimum atomic E-state index is -0.507. The van der Waals surface area contributed by atoms with Crippen molar-refractivity contribution in [3.05, 3.63) is 0 Å². The van der Waals surface area contributed by atoms with Gasteiger partial charge in [-0.2, -0.15) is 0 Å². The molecule has 0 aromatic rings. The Morgan fingerprint density at radius 3 is 2.26 bits per heavy atom. The molecule has 5 heteroatoms. The molecule has 0 bridgehead atoms. The monoisotopic (exact) mass is 324 g/mol. The largest absolute Gasteiger partial charge is 0.396 e. The molecule has 3 atom stereocenters. The second-order valence-corrected chi connectivity index (χ2v) is 7.26. The molecule has 0 spiro atoms. The van der Waals surface area contributed by atoms with E-state index in [1.165, 1.54) is 6.42 Å². The van der Waals surface area contributed by atoms with Gasteiger partial charge in [-0.15, -0.1) is 0 Å². The van der Waals surface area contributed by atoms with Crippen molar-refractivity contribution in [2.75, 3.05) is 6.61 Å². The van der Waals surface area contributed by atoms with Crippen molar-refractivity contribution in [3.8, 4) is 0 Å². The zero-order valence-corrected chi connectivity index (χ0v) is 14.4. The lowest BCUT2D eigenvalue weighted by atomic mass is 9.88. The molecule has 0 heterocycles. The van der Waals surface area contributed by atoms with Gasteiger partial charge in [0.15, 0.2) is 0 Å². The smallest absolute Gasteiger partial charge is 0.242 e. The second kappa shape index (κ2) is 9.26. The number of aliphatic hydroxyl groups excluding tert-OH is 1. The fraction of sp³-hybridized carbons (Fsp3) is 0.889. The van der Waals surface area contributed by atoms with Crippen LogP contribution in [0.3, 0.4) is 0 Å². The quantitative estimate of drug-likeness (QED) is 0.678. The van der Waals surface area contributed by atoms with Gasteiger partial charge < -0.3 is 15.7 Å². The molecular formula is C18H32N2O3. The average Bonchev–Trinajstić information content (AvgIpc) is 2.80. The Morgan fingerprint density at radius 2 is 1.61 bits per heavy atom. The van der Waals surface area contributed by atoms with Crippen LogP contribution in [-0.2, 0) is 9.59 Å². The van der Waals surface area contributed by atoms with Crippen molar-refractivity contribution in [1.82, 2.24) is 10.6 Å². The van der Waals surface area contributed by atoms with Crippen LogP contribution in [-0.4, -0.2) is 35.6 Å². The molecule has 2 saturated carbocycles. The normalized spacial score (nSPS) is 27.7. The fourth-order valence-corrected chi connectivity index (χ4v) is 3.86. The number of hydrogen-bond acceptors (Lipinski definition) is 3. The molecule has 2 fully saturated rings. The summed E-state index contributed by atoms with van der Waals surface area (Å²) >= 11 is 0. The SMILES string of the molecule is CC(NC(=O)C1CCCCC1)C(=O)NC1CCCCCC1CO. The zero-order chi connectivity index (χ0) is 16.7. The molecular weight excluding hydrogens is 292 g/mol. The predicted octanol–water partition coefficient (Wildman–Crippen LogP) is 2.13. The van der Waals surface area contributed by atoms with Crippen LogP contribution in [0.4, 0.5) is 0 Å². The highest BCUT2D eigenvalue weighted by Gasteiger charge is 2.28. The van der Waals surface area contributed by atoms with Crippen molar-refractivity contribution in [3.63, 3.8) is 0 Å². The Labute approximate surface area is 139 Å². The van der Waals surface area contributed by atoms with Gasteiger partial charge >= 0.3 is 0 Å². The van der Waals surface area contributed by atoms with E-state index in [-0.39, 0.29) is 36.3 Å². The van der Waals surface area contributed by atoms with Gasteiger partial charge in [-0.25, -0.2) is 0 Å². The van der Waals surface area contributed by atoms with Crippen molar-refractivity contribution in [2.24, 2.45) is 11.8 Å². The van der Waals surface area contributed by atoms with E-state index in [1.54, 1.807) is 6.92 Å². The summed E-state index contributed by atoms with van der Waals surface area (Å²) in [6.45, 7) is 1.87. The Bertz CT molecular complexity index is 394. The number of rotatable bonds is 5. The van der Waals surface area contributed by atoms with E-state index < -0.39 is 6.04 Å². The molecule has 2 aliphatic rings.